The molecule has 0 aliphatic rings. The van der Waals surface area contributed by atoms with Crippen LogP contribution in [0.25, 0.3) is 22.0 Å². The number of hydrogen-bond donors (Lipinski definition) is 2. The standard InChI is InChI=1S/C15H11NO3/c17-14-9-12-7-6-11(10-4-2-1-3-5-10)8-13(12)16(14)15(18)19/h1-9,17H,(H,18,19). The number of nitrogens with zero attached hydrogens (tertiary/aromatic N) is 1. The van der Waals surface area contributed by atoms with Crippen LogP contribution in [0, 0.1) is 0 Å². The second-order valence-corrected chi connectivity index (χ2v) is 4.26. The van der Waals surface area contributed by atoms with Crippen molar-refractivity contribution in [3.05, 3.63) is 54.6 Å². The van der Waals surface area contributed by atoms with Crippen molar-refractivity contribution in [3.8, 4) is 17.0 Å². The second-order valence-electron chi connectivity index (χ2n) is 4.26. The van der Waals surface area contributed by atoms with Crippen molar-refractivity contribution in [1.82, 2.24) is 4.57 Å². The zero-order valence-corrected chi connectivity index (χ0v) is 9.95. The van der Waals surface area contributed by atoms with Crippen LogP contribution in [0.4, 0.5) is 4.79 Å². The minimum atomic E-state index is -1.20. The van der Waals surface area contributed by atoms with Crippen LogP contribution >= 0.6 is 0 Å². The lowest BCUT2D eigenvalue weighted by Crippen LogP contribution is -2.06. The summed E-state index contributed by atoms with van der Waals surface area (Å²) in [5, 5.41) is 19.5. The Morgan fingerprint density at radius 2 is 1.68 bits per heavy atom. The van der Waals surface area contributed by atoms with Gasteiger partial charge in [-0.3, -0.25) is 0 Å². The maximum absolute atomic E-state index is 11.1. The van der Waals surface area contributed by atoms with Gasteiger partial charge in [-0.15, -0.1) is 0 Å². The fourth-order valence-corrected chi connectivity index (χ4v) is 2.20. The van der Waals surface area contributed by atoms with Gasteiger partial charge in [0.05, 0.1) is 5.52 Å². The molecule has 0 radical (unpaired) electrons. The summed E-state index contributed by atoms with van der Waals surface area (Å²) in [6.07, 6.45) is -1.20. The van der Waals surface area contributed by atoms with Gasteiger partial charge in [-0.25, -0.2) is 9.36 Å². The number of hydrogen-bond acceptors (Lipinski definition) is 2. The van der Waals surface area contributed by atoms with Gasteiger partial charge in [-0.05, 0) is 17.2 Å². The monoisotopic (exact) mass is 253 g/mol. The van der Waals surface area contributed by atoms with Gasteiger partial charge >= 0.3 is 6.09 Å². The Hall–Kier alpha value is -2.75. The molecule has 0 fully saturated rings. The summed E-state index contributed by atoms with van der Waals surface area (Å²) in [6.45, 7) is 0. The first kappa shape index (κ1) is 11.3. The molecule has 0 unspecified atom stereocenters. The van der Waals surface area contributed by atoms with Crippen molar-refractivity contribution in [1.29, 1.82) is 0 Å². The van der Waals surface area contributed by atoms with Crippen LogP contribution < -0.4 is 0 Å². The lowest BCUT2D eigenvalue weighted by Gasteiger charge is -2.03. The van der Waals surface area contributed by atoms with Crippen molar-refractivity contribution >= 4 is 17.0 Å². The third kappa shape index (κ3) is 1.83. The van der Waals surface area contributed by atoms with Crippen molar-refractivity contribution in [2.75, 3.05) is 0 Å². The molecule has 0 aliphatic heterocycles. The van der Waals surface area contributed by atoms with Gasteiger partial charge < -0.3 is 10.2 Å². The number of rotatable bonds is 1. The van der Waals surface area contributed by atoms with Crippen LogP contribution in [0.5, 0.6) is 5.88 Å². The van der Waals surface area contributed by atoms with Crippen LogP contribution in [0.2, 0.25) is 0 Å². The molecule has 0 bridgehead atoms. The molecule has 4 nitrogen and oxygen atoms in total. The first-order valence-corrected chi connectivity index (χ1v) is 5.80. The Balaban J connectivity index is 2.25. The van der Waals surface area contributed by atoms with Crippen LogP contribution in [-0.4, -0.2) is 20.9 Å². The van der Waals surface area contributed by atoms with E-state index in [0.29, 0.717) is 10.9 Å². The number of aromatic hydroxyl groups is 1. The predicted molar refractivity (Wildman–Crippen MR) is 72.5 cm³/mol. The summed E-state index contributed by atoms with van der Waals surface area (Å²) in [6, 6.07) is 16.6. The molecular formula is C15H11NO3. The van der Waals surface area contributed by atoms with Crippen LogP contribution in [-0.2, 0) is 0 Å². The van der Waals surface area contributed by atoms with Gasteiger partial charge in [0.15, 0.2) is 0 Å². The predicted octanol–water partition coefficient (Wildman–Crippen LogP) is 3.54. The third-order valence-electron chi connectivity index (χ3n) is 3.08. The van der Waals surface area contributed by atoms with E-state index in [4.69, 9.17) is 5.11 Å². The highest BCUT2D eigenvalue weighted by Gasteiger charge is 2.13. The quantitative estimate of drug-likeness (QED) is 0.697. The lowest BCUT2D eigenvalue weighted by molar-refractivity contribution is 0.194. The molecular weight excluding hydrogens is 242 g/mol. The maximum Gasteiger partial charge on any atom is 0.418 e. The molecule has 2 aromatic carbocycles. The fraction of sp³-hybridized carbons (Fsp3) is 0. The van der Waals surface area contributed by atoms with E-state index in [1.54, 1.807) is 12.1 Å². The van der Waals surface area contributed by atoms with E-state index in [0.717, 1.165) is 15.7 Å². The smallest absolute Gasteiger partial charge is 0.418 e. The topological polar surface area (TPSA) is 62.5 Å². The molecule has 2 N–H and O–H groups in total. The number of benzene rings is 2. The van der Waals surface area contributed by atoms with Crippen molar-refractivity contribution < 1.29 is 15.0 Å². The molecule has 0 saturated heterocycles. The number of aromatic nitrogens is 1. The van der Waals surface area contributed by atoms with Crippen LogP contribution in [0.3, 0.4) is 0 Å². The molecule has 0 amide bonds. The lowest BCUT2D eigenvalue weighted by atomic mass is 10.0. The van der Waals surface area contributed by atoms with Gasteiger partial charge in [0.2, 0.25) is 5.88 Å². The number of carboxylic acid groups (broad SMARTS) is 1. The molecule has 3 aromatic rings. The second kappa shape index (κ2) is 4.17. The van der Waals surface area contributed by atoms with E-state index in [1.165, 1.54) is 6.07 Å². The number of carbonyl (C=O) groups is 1. The molecule has 0 saturated carbocycles. The van der Waals surface area contributed by atoms with E-state index in [1.807, 2.05) is 36.4 Å². The van der Waals surface area contributed by atoms with Gasteiger partial charge in [-0.1, -0.05) is 42.5 Å². The maximum atomic E-state index is 11.1. The summed E-state index contributed by atoms with van der Waals surface area (Å²) in [5.74, 6) is -0.271. The first-order valence-electron chi connectivity index (χ1n) is 5.80. The highest BCUT2D eigenvalue weighted by molar-refractivity contribution is 5.93. The Morgan fingerprint density at radius 1 is 0.947 bits per heavy atom. The zero-order chi connectivity index (χ0) is 13.4. The Labute approximate surface area is 109 Å². The van der Waals surface area contributed by atoms with E-state index in [-0.39, 0.29) is 5.88 Å². The molecule has 0 spiro atoms. The van der Waals surface area contributed by atoms with Crippen LogP contribution in [0.1, 0.15) is 0 Å². The Kier molecular flexibility index (Phi) is 2.49. The van der Waals surface area contributed by atoms with Crippen molar-refractivity contribution in [3.63, 3.8) is 0 Å². The van der Waals surface area contributed by atoms with E-state index in [2.05, 4.69) is 0 Å². The fourth-order valence-electron chi connectivity index (χ4n) is 2.20. The average Bonchev–Trinajstić information content (AvgIpc) is 2.74. The molecule has 1 aromatic heterocycles. The zero-order valence-electron chi connectivity index (χ0n) is 9.95. The summed E-state index contributed by atoms with van der Waals surface area (Å²) < 4.78 is 0.877. The Morgan fingerprint density at radius 3 is 2.37 bits per heavy atom. The Bertz CT molecular complexity index is 760. The molecule has 3 rings (SSSR count). The van der Waals surface area contributed by atoms with Gasteiger partial charge in [0.25, 0.3) is 0 Å². The first-order chi connectivity index (χ1) is 9.16. The number of fused-ring (bicyclic) bond motifs is 1. The summed E-state index contributed by atoms with van der Waals surface area (Å²) in [7, 11) is 0. The van der Waals surface area contributed by atoms with E-state index in [9.17, 15) is 9.90 Å². The molecule has 19 heavy (non-hydrogen) atoms. The minimum Gasteiger partial charge on any atom is -0.494 e. The third-order valence-corrected chi connectivity index (χ3v) is 3.08. The molecule has 0 atom stereocenters. The largest absolute Gasteiger partial charge is 0.494 e. The average molecular weight is 253 g/mol. The SMILES string of the molecule is O=C(O)n1c(O)cc2ccc(-c3ccccc3)cc21. The van der Waals surface area contributed by atoms with Gasteiger partial charge in [0.1, 0.15) is 0 Å². The normalized spacial score (nSPS) is 10.7. The van der Waals surface area contributed by atoms with Gasteiger partial charge in [0, 0.05) is 11.5 Å². The minimum absolute atomic E-state index is 0.271. The van der Waals surface area contributed by atoms with Crippen LogP contribution in [0.15, 0.2) is 54.6 Å². The summed E-state index contributed by atoms with van der Waals surface area (Å²) in [5.41, 5.74) is 2.39. The van der Waals surface area contributed by atoms with Crippen molar-refractivity contribution in [2.24, 2.45) is 0 Å². The van der Waals surface area contributed by atoms with E-state index >= 15 is 0 Å². The molecule has 4 heteroatoms. The highest BCUT2D eigenvalue weighted by atomic mass is 16.4. The summed E-state index contributed by atoms with van der Waals surface area (Å²) in [4.78, 5) is 11.1. The summed E-state index contributed by atoms with van der Waals surface area (Å²) >= 11 is 0. The molecule has 1 heterocycles. The molecule has 0 aliphatic carbocycles. The highest BCUT2D eigenvalue weighted by Crippen LogP contribution is 2.29. The molecule has 94 valence electrons. The van der Waals surface area contributed by atoms with Gasteiger partial charge in [-0.2, -0.15) is 0 Å². The van der Waals surface area contributed by atoms with E-state index < -0.39 is 6.09 Å². The van der Waals surface area contributed by atoms with Crippen molar-refractivity contribution in [2.45, 2.75) is 0 Å².